The predicted octanol–water partition coefficient (Wildman–Crippen LogP) is 3.40. The molecule has 3 rings (SSSR count). The number of thiazole rings is 1. The van der Waals surface area contributed by atoms with Crippen LogP contribution in [0.15, 0.2) is 24.3 Å². The third-order valence-electron chi connectivity index (χ3n) is 3.23. The molecular formula is C15H17NO2S. The summed E-state index contributed by atoms with van der Waals surface area (Å²) >= 11 is 1.57. The highest BCUT2D eigenvalue weighted by Gasteiger charge is 2.29. The number of aliphatic hydroxyl groups excluding tert-OH is 1. The van der Waals surface area contributed by atoms with E-state index >= 15 is 0 Å². The van der Waals surface area contributed by atoms with Crippen molar-refractivity contribution in [2.75, 3.05) is 0 Å². The summed E-state index contributed by atoms with van der Waals surface area (Å²) in [6, 6.07) is 8.00. The van der Waals surface area contributed by atoms with Gasteiger partial charge in [-0.3, -0.25) is 0 Å². The molecule has 3 nitrogen and oxygen atoms in total. The van der Waals surface area contributed by atoms with Crippen LogP contribution in [0.3, 0.4) is 0 Å². The fraction of sp³-hybridized carbons (Fsp3) is 0.400. The molecule has 1 aromatic heterocycles. The Hall–Kier alpha value is -1.39. The quantitative estimate of drug-likeness (QED) is 0.909. The van der Waals surface area contributed by atoms with Crippen molar-refractivity contribution in [3.8, 4) is 5.75 Å². The van der Waals surface area contributed by atoms with Gasteiger partial charge in [0.25, 0.3) is 0 Å². The van der Waals surface area contributed by atoms with Gasteiger partial charge in [0.2, 0.25) is 0 Å². The van der Waals surface area contributed by atoms with Gasteiger partial charge in [-0.2, -0.15) is 0 Å². The van der Waals surface area contributed by atoms with Crippen LogP contribution in [-0.4, -0.2) is 10.1 Å². The Balaban J connectivity index is 1.69. The Morgan fingerprint density at radius 2 is 2.26 bits per heavy atom. The maximum atomic E-state index is 9.36. The van der Waals surface area contributed by atoms with Gasteiger partial charge in [-0.25, -0.2) is 4.98 Å². The number of aryl methyl sites for hydroxylation is 1. The van der Waals surface area contributed by atoms with E-state index < -0.39 is 0 Å². The first-order valence-electron chi connectivity index (χ1n) is 6.55. The van der Waals surface area contributed by atoms with E-state index in [0.717, 1.165) is 21.3 Å². The lowest BCUT2D eigenvalue weighted by atomic mass is 10.2. The molecule has 100 valence electrons. The van der Waals surface area contributed by atoms with Gasteiger partial charge < -0.3 is 9.84 Å². The van der Waals surface area contributed by atoms with Crippen molar-refractivity contribution in [1.29, 1.82) is 0 Å². The van der Waals surface area contributed by atoms with Gasteiger partial charge in [-0.1, -0.05) is 12.1 Å². The van der Waals surface area contributed by atoms with E-state index in [2.05, 4.69) is 4.98 Å². The van der Waals surface area contributed by atoms with Crippen LogP contribution in [0.4, 0.5) is 0 Å². The van der Waals surface area contributed by atoms with Crippen molar-refractivity contribution >= 4 is 11.3 Å². The summed E-state index contributed by atoms with van der Waals surface area (Å²) in [6.07, 6.45) is 2.41. The van der Waals surface area contributed by atoms with Gasteiger partial charge in [0.15, 0.2) is 0 Å². The molecule has 0 atom stereocenters. The van der Waals surface area contributed by atoms with E-state index in [1.165, 1.54) is 18.4 Å². The Morgan fingerprint density at radius 1 is 1.42 bits per heavy atom. The Bertz CT molecular complexity index is 575. The second-order valence-corrected chi connectivity index (χ2v) is 6.12. The number of rotatable bonds is 5. The van der Waals surface area contributed by atoms with Gasteiger partial charge in [0, 0.05) is 5.92 Å². The first-order valence-corrected chi connectivity index (χ1v) is 7.36. The molecule has 2 aromatic rings. The Labute approximate surface area is 116 Å². The highest BCUT2D eigenvalue weighted by atomic mass is 32.1. The highest BCUT2D eigenvalue weighted by molar-refractivity contribution is 7.11. The minimum absolute atomic E-state index is 0.0912. The number of aromatic nitrogens is 1. The fourth-order valence-corrected chi connectivity index (χ4v) is 3.04. The summed E-state index contributed by atoms with van der Waals surface area (Å²) in [5.41, 5.74) is 2.28. The van der Waals surface area contributed by atoms with E-state index in [-0.39, 0.29) is 6.61 Å². The molecule has 0 radical (unpaired) electrons. The van der Waals surface area contributed by atoms with Crippen molar-refractivity contribution in [2.45, 2.75) is 38.9 Å². The zero-order valence-corrected chi connectivity index (χ0v) is 11.7. The first kappa shape index (κ1) is 12.6. The molecule has 0 bridgehead atoms. The molecular weight excluding hydrogens is 258 g/mol. The van der Waals surface area contributed by atoms with Crippen LogP contribution in [0.1, 0.15) is 39.9 Å². The average Bonchev–Trinajstić information content (AvgIpc) is 3.17. The number of hydrogen-bond acceptors (Lipinski definition) is 4. The van der Waals surface area contributed by atoms with E-state index in [9.17, 15) is 5.11 Å². The molecule has 1 saturated carbocycles. The normalized spacial score (nSPS) is 14.6. The van der Waals surface area contributed by atoms with Crippen molar-refractivity contribution in [2.24, 2.45) is 0 Å². The second kappa shape index (κ2) is 5.31. The molecule has 1 aliphatic carbocycles. The summed E-state index contributed by atoms with van der Waals surface area (Å²) in [5.74, 6) is 1.44. The smallest absolute Gasteiger partial charge is 0.140 e. The zero-order valence-electron chi connectivity index (χ0n) is 10.9. The number of aliphatic hydroxyl groups is 1. The lowest BCUT2D eigenvalue weighted by molar-refractivity contribution is 0.284. The molecule has 1 fully saturated rings. The van der Waals surface area contributed by atoms with Crippen molar-refractivity contribution < 1.29 is 9.84 Å². The lowest BCUT2D eigenvalue weighted by Crippen LogP contribution is -1.95. The molecule has 19 heavy (non-hydrogen) atoms. The van der Waals surface area contributed by atoms with E-state index in [1.54, 1.807) is 11.3 Å². The summed E-state index contributed by atoms with van der Waals surface area (Å²) in [6.45, 7) is 2.62. The largest absolute Gasteiger partial charge is 0.486 e. The van der Waals surface area contributed by atoms with E-state index in [1.807, 2.05) is 31.2 Å². The molecule has 1 heterocycles. The maximum Gasteiger partial charge on any atom is 0.140 e. The molecule has 0 unspecified atom stereocenters. The third kappa shape index (κ3) is 2.96. The van der Waals surface area contributed by atoms with Crippen LogP contribution in [-0.2, 0) is 13.2 Å². The van der Waals surface area contributed by atoms with E-state index in [0.29, 0.717) is 12.5 Å². The van der Waals surface area contributed by atoms with Crippen LogP contribution in [0.5, 0.6) is 5.75 Å². The summed E-state index contributed by atoms with van der Waals surface area (Å²) in [7, 11) is 0. The number of hydrogen-bond donors (Lipinski definition) is 1. The molecule has 1 aromatic carbocycles. The Morgan fingerprint density at radius 3 is 2.95 bits per heavy atom. The monoisotopic (exact) mass is 275 g/mol. The topological polar surface area (TPSA) is 42.4 Å². The maximum absolute atomic E-state index is 9.36. The van der Waals surface area contributed by atoms with Gasteiger partial charge in [-0.05, 0) is 37.5 Å². The van der Waals surface area contributed by atoms with Crippen LogP contribution < -0.4 is 4.74 Å². The predicted molar refractivity (Wildman–Crippen MR) is 75.5 cm³/mol. The van der Waals surface area contributed by atoms with Crippen molar-refractivity contribution in [3.63, 3.8) is 0 Å². The fourth-order valence-electron chi connectivity index (χ4n) is 2.11. The minimum Gasteiger partial charge on any atom is -0.486 e. The molecule has 0 aliphatic heterocycles. The number of benzene rings is 1. The minimum atomic E-state index is 0.0912. The molecule has 0 saturated heterocycles. The van der Waals surface area contributed by atoms with E-state index in [4.69, 9.17) is 4.74 Å². The first-order chi connectivity index (χ1) is 9.26. The van der Waals surface area contributed by atoms with Crippen molar-refractivity contribution in [3.05, 3.63) is 45.4 Å². The van der Waals surface area contributed by atoms with Gasteiger partial charge in [-0.15, -0.1) is 11.3 Å². The third-order valence-corrected chi connectivity index (χ3v) is 4.26. The van der Waals surface area contributed by atoms with Crippen LogP contribution >= 0.6 is 11.3 Å². The van der Waals surface area contributed by atoms with Crippen LogP contribution in [0, 0.1) is 6.92 Å². The molecule has 0 spiro atoms. The number of ether oxygens (including phenoxy) is 1. The summed E-state index contributed by atoms with van der Waals surface area (Å²) < 4.78 is 5.75. The Kier molecular flexibility index (Phi) is 3.53. The average molecular weight is 275 g/mol. The van der Waals surface area contributed by atoms with Gasteiger partial charge >= 0.3 is 0 Å². The highest BCUT2D eigenvalue weighted by Crippen LogP contribution is 2.42. The van der Waals surface area contributed by atoms with Crippen molar-refractivity contribution in [1.82, 2.24) is 4.98 Å². The van der Waals surface area contributed by atoms with Gasteiger partial charge in [0.1, 0.15) is 17.4 Å². The molecule has 0 amide bonds. The molecule has 1 aliphatic rings. The van der Waals surface area contributed by atoms with Crippen LogP contribution in [0.25, 0.3) is 0 Å². The molecule has 4 heteroatoms. The zero-order chi connectivity index (χ0) is 13.2. The lowest BCUT2D eigenvalue weighted by Gasteiger charge is -2.04. The second-order valence-electron chi connectivity index (χ2n) is 4.95. The summed E-state index contributed by atoms with van der Waals surface area (Å²) in [4.78, 5) is 5.62. The number of nitrogens with zero attached hydrogens (tertiary/aromatic N) is 1. The van der Waals surface area contributed by atoms with Gasteiger partial charge in [0.05, 0.1) is 17.2 Å². The van der Waals surface area contributed by atoms with Crippen LogP contribution in [0.2, 0.25) is 0 Å². The standard InChI is InChI=1S/C15H17NO2S/c1-10-3-2-4-12(7-10)18-9-14-16-15(11-5-6-11)13(8-17)19-14/h2-4,7,11,17H,5-6,8-9H2,1H3. The molecule has 1 N–H and O–H groups in total. The summed E-state index contributed by atoms with van der Waals surface area (Å²) in [5, 5.41) is 10.3. The SMILES string of the molecule is Cc1cccc(OCc2nc(C3CC3)c(CO)s2)c1.